The summed E-state index contributed by atoms with van der Waals surface area (Å²) in [6, 6.07) is 23.9. The molecule has 0 saturated heterocycles. The van der Waals surface area contributed by atoms with Crippen molar-refractivity contribution < 1.29 is 18.7 Å². The maximum absolute atomic E-state index is 13.5. The number of carbonyl (C=O) groups is 1. The Hall–Kier alpha value is -4.68. The largest absolute Gasteiger partial charge is 0.487 e. The number of hydrogen-bond acceptors (Lipinski definition) is 5. The summed E-state index contributed by atoms with van der Waals surface area (Å²) in [6.45, 7) is 3.73. The monoisotopic (exact) mass is 522 g/mol. The summed E-state index contributed by atoms with van der Waals surface area (Å²) in [4.78, 5) is 19.4. The van der Waals surface area contributed by atoms with Crippen LogP contribution in [0.4, 0.5) is 4.39 Å². The molecule has 0 spiro atoms. The minimum Gasteiger partial charge on any atom is -0.487 e. The number of nitrogens with zero attached hydrogens (tertiary/aromatic N) is 4. The summed E-state index contributed by atoms with van der Waals surface area (Å²) >= 11 is 0. The van der Waals surface area contributed by atoms with E-state index in [2.05, 4.69) is 34.1 Å². The zero-order valence-electron chi connectivity index (χ0n) is 21.7. The van der Waals surface area contributed by atoms with Gasteiger partial charge < -0.3 is 9.47 Å². The molecule has 4 aromatic rings. The van der Waals surface area contributed by atoms with Crippen LogP contribution >= 0.6 is 0 Å². The molecule has 0 unspecified atom stereocenters. The van der Waals surface area contributed by atoms with Gasteiger partial charge in [0.1, 0.15) is 23.9 Å². The van der Waals surface area contributed by atoms with Gasteiger partial charge in [0.25, 0.3) is 0 Å². The Morgan fingerprint density at radius 1 is 1.13 bits per heavy atom. The van der Waals surface area contributed by atoms with Gasteiger partial charge >= 0.3 is 5.97 Å². The summed E-state index contributed by atoms with van der Waals surface area (Å²) in [5.41, 5.74) is 12.7. The molecule has 1 heterocycles. The Morgan fingerprint density at radius 2 is 1.92 bits per heavy atom. The summed E-state index contributed by atoms with van der Waals surface area (Å²) < 4.78 is 25.2. The first-order chi connectivity index (χ1) is 18.9. The van der Waals surface area contributed by atoms with E-state index >= 15 is 0 Å². The van der Waals surface area contributed by atoms with Crippen LogP contribution in [0.3, 0.4) is 0 Å². The van der Waals surface area contributed by atoms with E-state index in [1.807, 2.05) is 42.5 Å². The lowest BCUT2D eigenvalue weighted by Crippen LogP contribution is -2.42. The maximum Gasteiger partial charge on any atom is 0.308 e. The van der Waals surface area contributed by atoms with Gasteiger partial charge in [0, 0.05) is 34.4 Å². The van der Waals surface area contributed by atoms with Crippen LogP contribution in [0.1, 0.15) is 49.1 Å². The van der Waals surface area contributed by atoms with E-state index in [1.165, 1.54) is 25.3 Å². The molecule has 1 saturated carbocycles. The molecule has 0 amide bonds. The molecule has 196 valence electrons. The summed E-state index contributed by atoms with van der Waals surface area (Å²) in [5, 5.41) is 4.28. The number of hydrogen-bond donors (Lipinski definition) is 0. The Balaban J connectivity index is 1.55. The zero-order chi connectivity index (χ0) is 27.4. The fraction of sp³-hybridized carbons (Fsp3) is 0.226. The average Bonchev–Trinajstić information content (AvgIpc) is 2.92. The Morgan fingerprint density at radius 3 is 2.64 bits per heavy atom. The lowest BCUT2D eigenvalue weighted by Gasteiger charge is -2.48. The number of aromatic nitrogens is 1. The van der Waals surface area contributed by atoms with Crippen molar-refractivity contribution in [3.8, 4) is 5.75 Å². The van der Waals surface area contributed by atoms with Gasteiger partial charge in [-0.05, 0) is 77.9 Å². The Kier molecular flexibility index (Phi) is 7.30. The number of pyridine rings is 1. The molecule has 0 N–H and O–H groups in total. The molecule has 0 aliphatic heterocycles. The number of fused-ring (bicyclic) bond motifs is 1. The van der Waals surface area contributed by atoms with E-state index in [9.17, 15) is 9.18 Å². The standard InChI is InChI=1S/C31H27FN4O3/c1-20-16-31(17-20,23-6-4-3-5-7-23)28-15-26(11-12-27(28)30(18-34-36-33)39-21(2)37)38-19-25-10-8-22-14-24(32)9-13-29(22)35-25/h3-15,18,20H,16-17,19H2,1-2H3. The molecule has 5 rings (SSSR count). The summed E-state index contributed by atoms with van der Waals surface area (Å²) in [6.07, 6.45) is 3.01. The molecule has 8 heteroatoms. The number of benzene rings is 3. The first-order valence-corrected chi connectivity index (χ1v) is 12.7. The van der Waals surface area contributed by atoms with Gasteiger partial charge in [0.15, 0.2) is 0 Å². The Labute approximate surface area is 225 Å². The van der Waals surface area contributed by atoms with Crippen molar-refractivity contribution >= 4 is 22.6 Å². The van der Waals surface area contributed by atoms with Crippen molar-refractivity contribution in [3.63, 3.8) is 0 Å². The van der Waals surface area contributed by atoms with Crippen LogP contribution in [-0.4, -0.2) is 11.0 Å². The van der Waals surface area contributed by atoms with Gasteiger partial charge in [-0.2, -0.15) is 0 Å². The van der Waals surface area contributed by atoms with Crippen LogP contribution in [0.5, 0.6) is 5.75 Å². The van der Waals surface area contributed by atoms with Crippen molar-refractivity contribution in [2.24, 2.45) is 11.0 Å². The molecule has 1 aliphatic carbocycles. The first-order valence-electron chi connectivity index (χ1n) is 12.7. The number of ether oxygens (including phenoxy) is 2. The van der Waals surface area contributed by atoms with Crippen molar-refractivity contribution in [1.82, 2.24) is 4.98 Å². The van der Waals surface area contributed by atoms with Crippen LogP contribution in [0.15, 0.2) is 90.2 Å². The molecule has 0 bridgehead atoms. The fourth-order valence-corrected chi connectivity index (χ4v) is 5.48. The lowest BCUT2D eigenvalue weighted by molar-refractivity contribution is -0.134. The van der Waals surface area contributed by atoms with Crippen LogP contribution in [0.2, 0.25) is 0 Å². The van der Waals surface area contributed by atoms with Gasteiger partial charge in [-0.25, -0.2) is 9.37 Å². The summed E-state index contributed by atoms with van der Waals surface area (Å²) in [5.74, 6) is 0.475. The molecule has 1 aromatic heterocycles. The first kappa shape index (κ1) is 25.9. The summed E-state index contributed by atoms with van der Waals surface area (Å²) in [7, 11) is 0. The van der Waals surface area contributed by atoms with Gasteiger partial charge in [-0.1, -0.05) is 48.4 Å². The number of azide groups is 1. The quantitative estimate of drug-likeness (QED) is 0.0774. The van der Waals surface area contributed by atoms with Gasteiger partial charge in [-0.15, -0.1) is 0 Å². The smallest absolute Gasteiger partial charge is 0.308 e. The second-order valence-electron chi connectivity index (χ2n) is 9.89. The number of halogens is 1. The predicted molar refractivity (Wildman–Crippen MR) is 147 cm³/mol. The van der Waals surface area contributed by atoms with E-state index in [0.29, 0.717) is 28.4 Å². The maximum atomic E-state index is 13.5. The van der Waals surface area contributed by atoms with E-state index in [-0.39, 0.29) is 23.6 Å². The molecule has 1 fully saturated rings. The van der Waals surface area contributed by atoms with E-state index in [0.717, 1.165) is 29.4 Å². The molecule has 39 heavy (non-hydrogen) atoms. The fourth-order valence-electron chi connectivity index (χ4n) is 5.48. The number of rotatable bonds is 8. The molecule has 1 aliphatic rings. The second-order valence-corrected chi connectivity index (χ2v) is 9.89. The van der Waals surface area contributed by atoms with Gasteiger partial charge in [-0.3, -0.25) is 4.79 Å². The second kappa shape index (κ2) is 11.0. The van der Waals surface area contributed by atoms with Crippen molar-refractivity contribution in [3.05, 3.63) is 124 Å². The molecular formula is C31H27FN4O3. The van der Waals surface area contributed by atoms with Crippen LogP contribution in [0.25, 0.3) is 27.1 Å². The average molecular weight is 523 g/mol. The highest BCUT2D eigenvalue weighted by Gasteiger charge is 2.46. The minimum absolute atomic E-state index is 0.181. The minimum atomic E-state index is -0.515. The lowest BCUT2D eigenvalue weighted by atomic mass is 9.55. The molecule has 0 radical (unpaired) electrons. The molecule has 0 atom stereocenters. The third-order valence-corrected chi connectivity index (χ3v) is 7.07. The van der Waals surface area contributed by atoms with Crippen molar-refractivity contribution in [2.45, 2.75) is 38.7 Å². The SMILES string of the molecule is CC(=O)OC(=CN=[N+]=[N-])c1ccc(OCc2ccc3cc(F)ccc3n2)cc1C1(c2ccccc2)CC(C)C1. The third kappa shape index (κ3) is 5.47. The number of esters is 1. The highest BCUT2D eigenvalue weighted by atomic mass is 19.1. The normalized spacial score (nSPS) is 18.6. The third-order valence-electron chi connectivity index (χ3n) is 7.07. The van der Waals surface area contributed by atoms with E-state index in [1.54, 1.807) is 12.1 Å². The van der Waals surface area contributed by atoms with Gasteiger partial charge in [0.05, 0.1) is 11.2 Å². The van der Waals surface area contributed by atoms with E-state index in [4.69, 9.17) is 15.0 Å². The van der Waals surface area contributed by atoms with E-state index < -0.39 is 5.97 Å². The molecule has 3 aromatic carbocycles. The molecule has 7 nitrogen and oxygen atoms in total. The number of carbonyl (C=O) groups excluding carboxylic acids is 1. The predicted octanol–water partition coefficient (Wildman–Crippen LogP) is 7.84. The van der Waals surface area contributed by atoms with Crippen LogP contribution in [-0.2, 0) is 21.6 Å². The van der Waals surface area contributed by atoms with Crippen molar-refractivity contribution in [1.29, 1.82) is 0 Å². The zero-order valence-corrected chi connectivity index (χ0v) is 21.7. The highest BCUT2D eigenvalue weighted by Crippen LogP contribution is 2.54. The van der Waals surface area contributed by atoms with Crippen LogP contribution < -0.4 is 4.74 Å². The molecular weight excluding hydrogens is 495 g/mol. The highest BCUT2D eigenvalue weighted by molar-refractivity contribution is 5.79. The topological polar surface area (TPSA) is 97.2 Å². The Bertz CT molecular complexity index is 1610. The van der Waals surface area contributed by atoms with Crippen molar-refractivity contribution in [2.75, 3.05) is 0 Å². The van der Waals surface area contributed by atoms with Gasteiger partial charge in [0.2, 0.25) is 0 Å². The van der Waals surface area contributed by atoms with Crippen LogP contribution in [0, 0.1) is 11.7 Å².